The minimum absolute atomic E-state index is 0.0607. The summed E-state index contributed by atoms with van der Waals surface area (Å²) < 4.78 is 72.1. The van der Waals surface area contributed by atoms with Gasteiger partial charge >= 0.3 is 6.18 Å². The molecule has 142 valence electrons. The Bertz CT molecular complexity index is 999. The van der Waals surface area contributed by atoms with E-state index in [1.165, 1.54) is 12.1 Å². The van der Waals surface area contributed by atoms with Gasteiger partial charge in [0, 0.05) is 17.4 Å². The first-order chi connectivity index (χ1) is 12.7. The second-order valence-electron chi connectivity index (χ2n) is 6.69. The highest BCUT2D eigenvalue weighted by atomic mass is 32.2. The summed E-state index contributed by atoms with van der Waals surface area (Å²) in [5, 5.41) is 11.7. The predicted octanol–water partition coefficient (Wildman–Crippen LogP) is 2.56. The third-order valence-electron chi connectivity index (χ3n) is 5.34. The standard InChI is InChI=1S/C15H12F3N5O3S/c16-15(17,18)10-3-8(2-1-7(10)5-19)23-6-9-13-11(21-22-20)4-12(26-13)14(9)27(23,24)25/h1-3,9,11-14H,4,6H2/t9-,11+,12+,13-,14-/m0/s1. The first-order valence-electron chi connectivity index (χ1n) is 8.01. The molecule has 0 amide bonds. The molecule has 0 saturated carbocycles. The number of halogens is 3. The molecule has 3 heterocycles. The molecule has 8 nitrogen and oxygen atoms in total. The van der Waals surface area contributed by atoms with Crippen molar-refractivity contribution in [3.05, 3.63) is 39.8 Å². The molecule has 0 N–H and O–H groups in total. The van der Waals surface area contributed by atoms with Gasteiger partial charge in [0.2, 0.25) is 10.0 Å². The molecule has 5 atom stereocenters. The lowest BCUT2D eigenvalue weighted by Gasteiger charge is -2.22. The largest absolute Gasteiger partial charge is 0.417 e. The molecule has 0 aromatic heterocycles. The van der Waals surface area contributed by atoms with Crippen LogP contribution >= 0.6 is 0 Å². The summed E-state index contributed by atoms with van der Waals surface area (Å²) in [5.74, 6) is -0.491. The zero-order chi connectivity index (χ0) is 19.6. The molecule has 3 aliphatic rings. The monoisotopic (exact) mass is 399 g/mol. The van der Waals surface area contributed by atoms with Gasteiger partial charge in [-0.15, -0.1) is 0 Å². The zero-order valence-electron chi connectivity index (χ0n) is 13.5. The molecule has 4 rings (SSSR count). The third kappa shape index (κ3) is 2.54. The zero-order valence-corrected chi connectivity index (χ0v) is 14.4. The summed E-state index contributed by atoms with van der Waals surface area (Å²) in [6, 6.07) is 3.83. The maximum absolute atomic E-state index is 13.2. The number of fused-ring (bicyclic) bond motifs is 5. The molecular formula is C15H12F3N5O3S. The average Bonchev–Trinajstić information content (AvgIpc) is 3.24. The fraction of sp³-hybridized carbons (Fsp3) is 0.533. The highest BCUT2D eigenvalue weighted by Gasteiger charge is 2.64. The van der Waals surface area contributed by atoms with Gasteiger partial charge in [-0.2, -0.15) is 18.4 Å². The van der Waals surface area contributed by atoms with Crippen LogP contribution in [0.1, 0.15) is 17.5 Å². The van der Waals surface area contributed by atoms with Crippen LogP contribution in [0, 0.1) is 17.2 Å². The fourth-order valence-electron chi connectivity index (χ4n) is 4.29. The van der Waals surface area contributed by atoms with E-state index in [1.807, 2.05) is 0 Å². The van der Waals surface area contributed by atoms with Crippen LogP contribution in [0.4, 0.5) is 18.9 Å². The van der Waals surface area contributed by atoms with Crippen LogP contribution < -0.4 is 4.31 Å². The maximum atomic E-state index is 13.2. The van der Waals surface area contributed by atoms with E-state index in [0.717, 1.165) is 10.4 Å². The van der Waals surface area contributed by atoms with Crippen LogP contribution in [0.5, 0.6) is 0 Å². The second kappa shape index (κ2) is 5.76. The molecule has 3 fully saturated rings. The number of sulfonamides is 1. The van der Waals surface area contributed by atoms with Crippen molar-refractivity contribution < 1.29 is 26.3 Å². The number of anilines is 1. The fourth-order valence-corrected chi connectivity index (χ4v) is 6.62. The molecule has 0 spiro atoms. The van der Waals surface area contributed by atoms with Crippen molar-refractivity contribution in [1.82, 2.24) is 0 Å². The van der Waals surface area contributed by atoms with Crippen LogP contribution in [0.2, 0.25) is 0 Å². The summed E-state index contributed by atoms with van der Waals surface area (Å²) in [6.07, 6.45) is -5.73. The summed E-state index contributed by atoms with van der Waals surface area (Å²) in [4.78, 5) is 2.75. The van der Waals surface area contributed by atoms with Gasteiger partial charge in [-0.05, 0) is 30.2 Å². The summed E-state index contributed by atoms with van der Waals surface area (Å²) in [7, 11) is -3.95. The first kappa shape index (κ1) is 17.9. The van der Waals surface area contributed by atoms with E-state index < -0.39 is 56.7 Å². The lowest BCUT2D eigenvalue weighted by Crippen LogP contribution is -2.39. The van der Waals surface area contributed by atoms with Gasteiger partial charge in [0.1, 0.15) is 5.25 Å². The average molecular weight is 399 g/mol. The van der Waals surface area contributed by atoms with Crippen LogP contribution in [0.15, 0.2) is 23.3 Å². The molecule has 1 aromatic carbocycles. The Kier molecular flexibility index (Phi) is 3.82. The third-order valence-corrected chi connectivity index (χ3v) is 7.66. The summed E-state index contributed by atoms with van der Waals surface area (Å²) in [5.41, 5.74) is 6.73. The lowest BCUT2D eigenvalue weighted by atomic mass is 9.85. The Morgan fingerprint density at radius 3 is 2.78 bits per heavy atom. The van der Waals surface area contributed by atoms with Crippen molar-refractivity contribution in [2.24, 2.45) is 11.0 Å². The first-order valence-corrected chi connectivity index (χ1v) is 9.51. The van der Waals surface area contributed by atoms with E-state index in [-0.39, 0.29) is 18.7 Å². The molecule has 27 heavy (non-hydrogen) atoms. The lowest BCUT2D eigenvalue weighted by molar-refractivity contribution is -0.137. The van der Waals surface area contributed by atoms with E-state index >= 15 is 0 Å². The molecule has 3 saturated heterocycles. The van der Waals surface area contributed by atoms with E-state index in [4.69, 9.17) is 15.5 Å². The number of alkyl halides is 3. The molecule has 0 aliphatic carbocycles. The Morgan fingerprint density at radius 1 is 1.41 bits per heavy atom. The van der Waals surface area contributed by atoms with Gasteiger partial charge in [-0.3, -0.25) is 4.31 Å². The number of benzene rings is 1. The van der Waals surface area contributed by atoms with E-state index in [1.54, 1.807) is 0 Å². The van der Waals surface area contributed by atoms with E-state index in [2.05, 4.69) is 10.0 Å². The van der Waals surface area contributed by atoms with Crippen LogP contribution in [-0.2, 0) is 20.9 Å². The predicted molar refractivity (Wildman–Crippen MR) is 85.9 cm³/mol. The second-order valence-corrected chi connectivity index (χ2v) is 8.71. The van der Waals surface area contributed by atoms with Crippen molar-refractivity contribution in [3.8, 4) is 6.07 Å². The molecule has 1 aromatic rings. The maximum Gasteiger partial charge on any atom is 0.417 e. The van der Waals surface area contributed by atoms with Gasteiger partial charge in [0.05, 0.1) is 41.1 Å². The van der Waals surface area contributed by atoms with Gasteiger partial charge in [0.25, 0.3) is 0 Å². The van der Waals surface area contributed by atoms with Crippen molar-refractivity contribution in [3.63, 3.8) is 0 Å². The van der Waals surface area contributed by atoms with Crippen molar-refractivity contribution in [2.75, 3.05) is 10.8 Å². The molecular weight excluding hydrogens is 387 g/mol. The van der Waals surface area contributed by atoms with Crippen molar-refractivity contribution >= 4 is 15.7 Å². The number of nitrogens with zero attached hydrogens (tertiary/aromatic N) is 5. The van der Waals surface area contributed by atoms with Crippen molar-refractivity contribution in [2.45, 2.75) is 36.1 Å². The number of nitriles is 1. The number of rotatable bonds is 2. The Balaban J connectivity index is 1.73. The quantitative estimate of drug-likeness (QED) is 0.431. The number of ether oxygens (including phenoxy) is 1. The minimum Gasteiger partial charge on any atom is -0.373 e. The normalized spacial score (nSPS) is 33.4. The molecule has 0 radical (unpaired) electrons. The topological polar surface area (TPSA) is 119 Å². The number of azide groups is 1. The molecule has 3 aliphatic heterocycles. The Hall–Kier alpha value is -2.48. The Labute approximate surface area is 151 Å². The smallest absolute Gasteiger partial charge is 0.373 e. The van der Waals surface area contributed by atoms with Crippen LogP contribution in [0.25, 0.3) is 10.4 Å². The van der Waals surface area contributed by atoms with Gasteiger partial charge in [-0.25, -0.2) is 8.42 Å². The molecule has 0 unspecified atom stereocenters. The SMILES string of the molecule is N#Cc1ccc(N2C[C@H]3[C@@H]4O[C@H](C[C@H]4N=[N+]=[N-])[C@H]3S2(=O)=O)cc1C(F)(F)F. The molecule has 2 bridgehead atoms. The van der Waals surface area contributed by atoms with Gasteiger partial charge in [0.15, 0.2) is 0 Å². The van der Waals surface area contributed by atoms with Gasteiger partial charge in [-0.1, -0.05) is 5.11 Å². The summed E-state index contributed by atoms with van der Waals surface area (Å²) >= 11 is 0. The number of hydrogen-bond acceptors (Lipinski definition) is 5. The Morgan fingerprint density at radius 2 is 2.15 bits per heavy atom. The van der Waals surface area contributed by atoms with Crippen LogP contribution in [-0.4, -0.2) is 38.5 Å². The van der Waals surface area contributed by atoms with E-state index in [0.29, 0.717) is 6.07 Å². The van der Waals surface area contributed by atoms with Gasteiger partial charge < -0.3 is 4.74 Å². The van der Waals surface area contributed by atoms with Crippen LogP contribution in [0.3, 0.4) is 0 Å². The highest BCUT2D eigenvalue weighted by molar-refractivity contribution is 7.93. The molecule has 12 heteroatoms. The highest BCUT2D eigenvalue weighted by Crippen LogP contribution is 2.50. The summed E-state index contributed by atoms with van der Waals surface area (Å²) in [6.45, 7) is -0.0607. The van der Waals surface area contributed by atoms with E-state index in [9.17, 15) is 21.6 Å². The van der Waals surface area contributed by atoms with Crippen molar-refractivity contribution in [1.29, 1.82) is 5.26 Å². The minimum atomic E-state index is -4.78. The number of hydrogen-bond donors (Lipinski definition) is 0.